The summed E-state index contributed by atoms with van der Waals surface area (Å²) in [6, 6.07) is 4.33. The summed E-state index contributed by atoms with van der Waals surface area (Å²) in [5.74, 6) is 0. The predicted molar refractivity (Wildman–Crippen MR) is 83.3 cm³/mol. The van der Waals surface area contributed by atoms with Crippen molar-refractivity contribution in [3.8, 4) is 0 Å². The number of hydrogen-bond acceptors (Lipinski definition) is 3. The third-order valence-electron chi connectivity index (χ3n) is 2.99. The lowest BCUT2D eigenvalue weighted by Crippen LogP contribution is -2.49. The summed E-state index contributed by atoms with van der Waals surface area (Å²) in [4.78, 5) is 0.148. The van der Waals surface area contributed by atoms with Crippen molar-refractivity contribution in [1.82, 2.24) is 4.31 Å². The number of morpholine rings is 1. The number of hydrogen-bond donors (Lipinski definition) is 0. The third-order valence-corrected chi connectivity index (χ3v) is 6.28. The Labute approximate surface area is 137 Å². The average molecular weight is 403 g/mol. The van der Waals surface area contributed by atoms with E-state index in [1.807, 2.05) is 6.92 Å². The maximum Gasteiger partial charge on any atom is 0.243 e. The van der Waals surface area contributed by atoms with Gasteiger partial charge in [-0.1, -0.05) is 39.1 Å². The normalized spacial score (nSPS) is 24.8. The molecule has 1 aliphatic rings. The molecule has 0 saturated carbocycles. The molecule has 0 N–H and O–H groups in total. The molecule has 1 aromatic carbocycles. The van der Waals surface area contributed by atoms with Gasteiger partial charge in [0.2, 0.25) is 10.0 Å². The summed E-state index contributed by atoms with van der Waals surface area (Å²) in [7, 11) is -3.59. The summed E-state index contributed by atoms with van der Waals surface area (Å²) in [6.07, 6.45) is -0.305. The van der Waals surface area contributed by atoms with Crippen LogP contribution >= 0.6 is 39.1 Å². The molecular formula is C12H14BrCl2NO3S. The molecule has 1 saturated heterocycles. The zero-order chi connectivity index (χ0) is 14.9. The molecule has 1 aromatic rings. The highest BCUT2D eigenvalue weighted by atomic mass is 79.9. The van der Waals surface area contributed by atoms with Gasteiger partial charge in [0.15, 0.2) is 0 Å². The fourth-order valence-corrected chi connectivity index (χ4v) is 4.36. The Balaban J connectivity index is 2.31. The van der Waals surface area contributed by atoms with Crippen molar-refractivity contribution in [2.45, 2.75) is 24.0 Å². The molecule has 8 heteroatoms. The molecule has 20 heavy (non-hydrogen) atoms. The third kappa shape index (κ3) is 3.48. The second-order valence-electron chi connectivity index (χ2n) is 4.62. The van der Waals surface area contributed by atoms with Crippen LogP contribution in [0.4, 0.5) is 0 Å². The second kappa shape index (κ2) is 6.50. The Morgan fingerprint density at radius 2 is 2.05 bits per heavy atom. The largest absolute Gasteiger partial charge is 0.372 e. The molecule has 4 nitrogen and oxygen atoms in total. The number of alkyl halides is 1. The molecule has 1 aliphatic heterocycles. The van der Waals surface area contributed by atoms with Crippen molar-refractivity contribution in [3.63, 3.8) is 0 Å². The van der Waals surface area contributed by atoms with Crippen molar-refractivity contribution < 1.29 is 13.2 Å². The molecular weight excluding hydrogens is 389 g/mol. The lowest BCUT2D eigenvalue weighted by Gasteiger charge is -2.35. The van der Waals surface area contributed by atoms with E-state index in [1.165, 1.54) is 22.5 Å². The summed E-state index contributed by atoms with van der Waals surface area (Å²) in [5, 5.41) is 1.15. The number of nitrogens with zero attached hydrogens (tertiary/aromatic N) is 1. The van der Waals surface area contributed by atoms with Crippen LogP contribution in [0.25, 0.3) is 0 Å². The first-order valence-electron chi connectivity index (χ1n) is 6.01. The van der Waals surface area contributed by atoms with Crippen molar-refractivity contribution in [1.29, 1.82) is 0 Å². The van der Waals surface area contributed by atoms with Gasteiger partial charge in [0.05, 0.1) is 27.1 Å². The van der Waals surface area contributed by atoms with Crippen LogP contribution in [0.15, 0.2) is 23.1 Å². The van der Waals surface area contributed by atoms with Gasteiger partial charge in [-0.05, 0) is 25.1 Å². The van der Waals surface area contributed by atoms with E-state index in [-0.39, 0.29) is 22.1 Å². The van der Waals surface area contributed by atoms with Gasteiger partial charge in [0.1, 0.15) is 0 Å². The summed E-state index contributed by atoms with van der Waals surface area (Å²) in [5.41, 5.74) is 0. The smallest absolute Gasteiger partial charge is 0.243 e. The minimum absolute atomic E-state index is 0.148. The van der Waals surface area contributed by atoms with E-state index < -0.39 is 10.0 Å². The molecule has 2 rings (SSSR count). The molecule has 2 unspecified atom stereocenters. The molecule has 0 amide bonds. The highest BCUT2D eigenvalue weighted by Gasteiger charge is 2.33. The molecule has 112 valence electrons. The van der Waals surface area contributed by atoms with Gasteiger partial charge in [-0.25, -0.2) is 8.42 Å². The quantitative estimate of drug-likeness (QED) is 0.729. The average Bonchev–Trinajstić information content (AvgIpc) is 2.41. The van der Waals surface area contributed by atoms with Crippen molar-refractivity contribution in [2.24, 2.45) is 0 Å². The van der Waals surface area contributed by atoms with Gasteiger partial charge < -0.3 is 4.74 Å². The Hall–Kier alpha value is 0.150. The standard InChI is InChI=1S/C12H14BrCl2NO3S/c1-8-6-16(7-9(5-13)19-8)20(17,18)10-2-3-11(14)12(15)4-10/h2-4,8-9H,5-7H2,1H3. The van der Waals surface area contributed by atoms with Gasteiger partial charge in [-0.15, -0.1) is 0 Å². The Morgan fingerprint density at radius 1 is 1.35 bits per heavy atom. The molecule has 2 atom stereocenters. The zero-order valence-electron chi connectivity index (χ0n) is 10.7. The fourth-order valence-electron chi connectivity index (χ4n) is 2.07. The van der Waals surface area contributed by atoms with E-state index >= 15 is 0 Å². The molecule has 0 aromatic heterocycles. The van der Waals surface area contributed by atoms with Gasteiger partial charge >= 0.3 is 0 Å². The number of sulfonamides is 1. The lowest BCUT2D eigenvalue weighted by molar-refractivity contribution is -0.0411. The fraction of sp³-hybridized carbons (Fsp3) is 0.500. The summed E-state index contributed by atoms with van der Waals surface area (Å²) >= 11 is 15.0. The van der Waals surface area contributed by atoms with E-state index in [4.69, 9.17) is 27.9 Å². The highest BCUT2D eigenvalue weighted by molar-refractivity contribution is 9.09. The van der Waals surface area contributed by atoms with Gasteiger partial charge in [0, 0.05) is 18.4 Å². The monoisotopic (exact) mass is 401 g/mol. The second-order valence-corrected chi connectivity index (χ2v) is 8.02. The van der Waals surface area contributed by atoms with Crippen molar-refractivity contribution >= 4 is 49.2 Å². The maximum atomic E-state index is 12.6. The van der Waals surface area contributed by atoms with E-state index in [0.717, 1.165) is 0 Å². The minimum Gasteiger partial charge on any atom is -0.372 e. The molecule has 1 fully saturated rings. The molecule has 0 radical (unpaired) electrons. The first-order valence-corrected chi connectivity index (χ1v) is 9.33. The molecule has 0 bridgehead atoms. The maximum absolute atomic E-state index is 12.6. The predicted octanol–water partition coefficient (Wildman–Crippen LogP) is 3.17. The minimum atomic E-state index is -3.59. The van der Waals surface area contributed by atoms with Crippen molar-refractivity contribution in [3.05, 3.63) is 28.2 Å². The first kappa shape index (κ1) is 16.5. The number of rotatable bonds is 3. The van der Waals surface area contributed by atoms with Crippen LogP contribution in [0.5, 0.6) is 0 Å². The van der Waals surface area contributed by atoms with Crippen LogP contribution in [-0.4, -0.2) is 43.4 Å². The van der Waals surface area contributed by atoms with Crippen LogP contribution < -0.4 is 0 Å². The number of halogens is 3. The zero-order valence-corrected chi connectivity index (χ0v) is 14.6. The number of ether oxygens (including phenoxy) is 1. The van der Waals surface area contributed by atoms with Crippen LogP contribution in [0, 0.1) is 0 Å². The van der Waals surface area contributed by atoms with Gasteiger partial charge in [-0.3, -0.25) is 0 Å². The molecule has 0 aliphatic carbocycles. The first-order chi connectivity index (χ1) is 9.34. The van der Waals surface area contributed by atoms with E-state index in [2.05, 4.69) is 15.9 Å². The van der Waals surface area contributed by atoms with Crippen LogP contribution in [0.2, 0.25) is 10.0 Å². The molecule has 0 spiro atoms. The summed E-state index contributed by atoms with van der Waals surface area (Å²) in [6.45, 7) is 2.50. The topological polar surface area (TPSA) is 46.6 Å². The Morgan fingerprint density at radius 3 is 2.65 bits per heavy atom. The Kier molecular flexibility index (Phi) is 5.37. The van der Waals surface area contributed by atoms with E-state index in [0.29, 0.717) is 23.4 Å². The van der Waals surface area contributed by atoms with Crippen LogP contribution in [0.1, 0.15) is 6.92 Å². The van der Waals surface area contributed by atoms with Crippen LogP contribution in [-0.2, 0) is 14.8 Å². The van der Waals surface area contributed by atoms with Gasteiger partial charge in [0.25, 0.3) is 0 Å². The van der Waals surface area contributed by atoms with Gasteiger partial charge in [-0.2, -0.15) is 4.31 Å². The Bertz CT molecular complexity index is 596. The van der Waals surface area contributed by atoms with Crippen molar-refractivity contribution in [2.75, 3.05) is 18.4 Å². The lowest BCUT2D eigenvalue weighted by atomic mass is 10.3. The summed E-state index contributed by atoms with van der Waals surface area (Å²) < 4.78 is 32.3. The van der Waals surface area contributed by atoms with E-state index in [1.54, 1.807) is 0 Å². The highest BCUT2D eigenvalue weighted by Crippen LogP contribution is 2.28. The van der Waals surface area contributed by atoms with E-state index in [9.17, 15) is 8.42 Å². The van der Waals surface area contributed by atoms with Crippen LogP contribution in [0.3, 0.4) is 0 Å². The molecule has 1 heterocycles. The number of benzene rings is 1. The SMILES string of the molecule is CC1CN(S(=O)(=O)c2ccc(Cl)c(Cl)c2)CC(CBr)O1.